The van der Waals surface area contributed by atoms with E-state index in [0.29, 0.717) is 10.7 Å². The molecular weight excluding hydrogens is 292 g/mol. The van der Waals surface area contributed by atoms with Crippen LogP contribution >= 0.6 is 11.6 Å². The molecule has 1 N–H and O–H groups in total. The van der Waals surface area contributed by atoms with Crippen LogP contribution in [0, 0.1) is 24.0 Å². The highest BCUT2D eigenvalue weighted by Gasteiger charge is 2.18. The molecule has 7 heteroatoms. The van der Waals surface area contributed by atoms with Crippen LogP contribution in [0.15, 0.2) is 18.2 Å². The lowest BCUT2D eigenvalue weighted by Crippen LogP contribution is -2.09. The number of hydrogen-bond donors (Lipinski definition) is 1. The highest BCUT2D eigenvalue weighted by molar-refractivity contribution is 6.33. The Morgan fingerprint density at radius 1 is 1.43 bits per heavy atom. The van der Waals surface area contributed by atoms with E-state index in [2.05, 4.69) is 10.4 Å². The third-order valence-corrected chi connectivity index (χ3v) is 3.86. The molecule has 0 saturated heterocycles. The molecule has 0 saturated carbocycles. The molecule has 2 rings (SSSR count). The number of nitrogens with zero attached hydrogens (tertiary/aromatic N) is 3. The monoisotopic (exact) mass is 308 g/mol. The fourth-order valence-corrected chi connectivity index (χ4v) is 2.63. The average molecular weight is 309 g/mol. The van der Waals surface area contributed by atoms with E-state index < -0.39 is 4.92 Å². The molecule has 0 aliphatic heterocycles. The van der Waals surface area contributed by atoms with E-state index in [4.69, 9.17) is 11.6 Å². The molecule has 1 heterocycles. The molecule has 112 valence electrons. The van der Waals surface area contributed by atoms with Crippen molar-refractivity contribution in [3.8, 4) is 0 Å². The molecule has 1 aromatic heterocycles. The smallest absolute Gasteiger partial charge is 0.271 e. The largest absolute Gasteiger partial charge is 0.377 e. The number of aromatic nitrogens is 2. The van der Waals surface area contributed by atoms with Gasteiger partial charge in [0.15, 0.2) is 0 Å². The first kappa shape index (κ1) is 15.3. The zero-order chi connectivity index (χ0) is 15.7. The van der Waals surface area contributed by atoms with Gasteiger partial charge in [-0.05, 0) is 26.8 Å². The Kier molecular flexibility index (Phi) is 4.18. The minimum Gasteiger partial charge on any atom is -0.377 e. The predicted molar refractivity (Wildman–Crippen MR) is 82.8 cm³/mol. The quantitative estimate of drug-likeness (QED) is 0.689. The highest BCUT2D eigenvalue weighted by Crippen LogP contribution is 2.31. The molecular formula is C14H17ClN4O2. The highest BCUT2D eigenvalue weighted by atomic mass is 35.5. The van der Waals surface area contributed by atoms with Crippen molar-refractivity contribution in [1.82, 2.24) is 9.78 Å². The normalized spacial score (nSPS) is 12.2. The second-order valence-electron chi connectivity index (χ2n) is 5.00. The molecule has 0 spiro atoms. The van der Waals surface area contributed by atoms with Gasteiger partial charge in [-0.15, -0.1) is 0 Å². The summed E-state index contributed by atoms with van der Waals surface area (Å²) in [5.74, 6) is 0. The molecule has 2 aromatic rings. The Morgan fingerprint density at radius 2 is 2.10 bits per heavy atom. The van der Waals surface area contributed by atoms with E-state index in [1.807, 2.05) is 32.5 Å². The van der Waals surface area contributed by atoms with Gasteiger partial charge in [-0.2, -0.15) is 5.10 Å². The number of non-ortho nitro benzene ring substituents is 1. The van der Waals surface area contributed by atoms with Crippen LogP contribution in [0.2, 0.25) is 5.02 Å². The maximum Gasteiger partial charge on any atom is 0.271 e. The van der Waals surface area contributed by atoms with Crippen molar-refractivity contribution in [3.05, 3.63) is 50.3 Å². The number of aryl methyl sites for hydroxylation is 2. The molecule has 0 radical (unpaired) electrons. The molecule has 0 aliphatic rings. The molecule has 0 bridgehead atoms. The summed E-state index contributed by atoms with van der Waals surface area (Å²) in [4.78, 5) is 10.4. The van der Waals surface area contributed by atoms with Crippen LogP contribution in [-0.4, -0.2) is 14.7 Å². The average Bonchev–Trinajstić information content (AvgIpc) is 2.65. The minimum atomic E-state index is -0.438. The molecule has 21 heavy (non-hydrogen) atoms. The zero-order valence-corrected chi connectivity index (χ0v) is 13.1. The van der Waals surface area contributed by atoms with Crippen molar-refractivity contribution >= 4 is 23.0 Å². The van der Waals surface area contributed by atoms with Crippen LogP contribution < -0.4 is 5.32 Å². The Bertz CT molecular complexity index is 697. The third kappa shape index (κ3) is 3.00. The van der Waals surface area contributed by atoms with E-state index in [9.17, 15) is 10.1 Å². The molecule has 6 nitrogen and oxygen atoms in total. The molecule has 0 amide bonds. The number of nitro benzene ring substituents is 1. The van der Waals surface area contributed by atoms with Crippen molar-refractivity contribution in [1.29, 1.82) is 0 Å². The number of anilines is 1. The Hall–Kier alpha value is -2.08. The summed E-state index contributed by atoms with van der Waals surface area (Å²) in [5.41, 5.74) is 3.60. The van der Waals surface area contributed by atoms with Gasteiger partial charge in [0.2, 0.25) is 0 Å². The summed E-state index contributed by atoms with van der Waals surface area (Å²) in [6.07, 6.45) is 0. The van der Waals surface area contributed by atoms with Crippen molar-refractivity contribution in [2.24, 2.45) is 7.05 Å². The van der Waals surface area contributed by atoms with E-state index >= 15 is 0 Å². The van der Waals surface area contributed by atoms with Crippen molar-refractivity contribution in [2.45, 2.75) is 26.8 Å². The maximum atomic E-state index is 10.9. The number of benzene rings is 1. The number of halogens is 1. The fraction of sp³-hybridized carbons (Fsp3) is 0.357. The van der Waals surface area contributed by atoms with E-state index in [0.717, 1.165) is 17.0 Å². The van der Waals surface area contributed by atoms with Gasteiger partial charge in [-0.25, -0.2) is 0 Å². The minimum absolute atomic E-state index is 0.00808. The van der Waals surface area contributed by atoms with E-state index in [1.165, 1.54) is 18.2 Å². The van der Waals surface area contributed by atoms with Gasteiger partial charge in [0.05, 0.1) is 27.4 Å². The third-order valence-electron chi connectivity index (χ3n) is 3.53. The first-order valence-corrected chi connectivity index (χ1v) is 6.89. The maximum absolute atomic E-state index is 10.9. The van der Waals surface area contributed by atoms with Crippen molar-refractivity contribution < 1.29 is 4.92 Å². The molecule has 1 unspecified atom stereocenters. The zero-order valence-electron chi connectivity index (χ0n) is 12.3. The second-order valence-corrected chi connectivity index (χ2v) is 5.40. The molecule has 1 aromatic carbocycles. The van der Waals surface area contributed by atoms with Crippen LogP contribution in [0.4, 0.5) is 11.4 Å². The first-order chi connectivity index (χ1) is 9.81. The summed E-state index contributed by atoms with van der Waals surface area (Å²) in [7, 11) is 1.89. The molecule has 0 fully saturated rings. The van der Waals surface area contributed by atoms with Gasteiger partial charge in [0.25, 0.3) is 5.69 Å². The number of rotatable bonds is 4. The molecule has 0 aliphatic carbocycles. The second kappa shape index (κ2) is 5.73. The predicted octanol–water partition coefficient (Wildman–Crippen LogP) is 3.77. The van der Waals surface area contributed by atoms with Gasteiger partial charge in [-0.1, -0.05) is 11.6 Å². The lowest BCUT2D eigenvalue weighted by Gasteiger charge is -2.17. The summed E-state index contributed by atoms with van der Waals surface area (Å²) in [5, 5.41) is 18.9. The Labute approximate surface area is 127 Å². The van der Waals surface area contributed by atoms with Gasteiger partial charge in [-0.3, -0.25) is 14.8 Å². The SMILES string of the molecule is Cc1nn(C)c(C)c1C(C)Nc1cc([N+](=O)[O-])ccc1Cl. The number of nitrogens with one attached hydrogen (secondary N) is 1. The fourth-order valence-electron chi connectivity index (χ4n) is 2.46. The lowest BCUT2D eigenvalue weighted by molar-refractivity contribution is -0.384. The van der Waals surface area contributed by atoms with E-state index in [1.54, 1.807) is 0 Å². The number of hydrogen-bond acceptors (Lipinski definition) is 4. The summed E-state index contributed by atoms with van der Waals surface area (Å²) >= 11 is 6.11. The van der Waals surface area contributed by atoms with Crippen molar-refractivity contribution in [2.75, 3.05) is 5.32 Å². The van der Waals surface area contributed by atoms with Gasteiger partial charge >= 0.3 is 0 Å². The summed E-state index contributed by atoms with van der Waals surface area (Å²) in [6, 6.07) is 4.30. The van der Waals surface area contributed by atoms with Gasteiger partial charge in [0.1, 0.15) is 0 Å². The van der Waals surface area contributed by atoms with E-state index in [-0.39, 0.29) is 11.7 Å². The topological polar surface area (TPSA) is 73.0 Å². The standard InChI is InChI=1S/C14H17ClN4O2/c1-8(14-9(2)17-18(4)10(14)3)16-13-7-11(19(20)21)5-6-12(13)15/h5-8,16H,1-4H3. The Balaban J connectivity index is 2.33. The van der Waals surface area contributed by atoms with Crippen LogP contribution in [0.25, 0.3) is 0 Å². The van der Waals surface area contributed by atoms with Crippen LogP contribution in [0.5, 0.6) is 0 Å². The van der Waals surface area contributed by atoms with Crippen LogP contribution in [-0.2, 0) is 7.05 Å². The molecule has 1 atom stereocenters. The first-order valence-electron chi connectivity index (χ1n) is 6.51. The number of nitro groups is 1. The van der Waals surface area contributed by atoms with Gasteiger partial charge in [0, 0.05) is 30.4 Å². The van der Waals surface area contributed by atoms with Crippen molar-refractivity contribution in [3.63, 3.8) is 0 Å². The summed E-state index contributed by atoms with van der Waals surface area (Å²) in [6.45, 7) is 5.91. The Morgan fingerprint density at radius 3 is 2.62 bits per heavy atom. The van der Waals surface area contributed by atoms with Crippen LogP contribution in [0.1, 0.15) is 29.9 Å². The lowest BCUT2D eigenvalue weighted by atomic mass is 10.1. The van der Waals surface area contributed by atoms with Gasteiger partial charge < -0.3 is 5.32 Å². The van der Waals surface area contributed by atoms with Crippen LogP contribution in [0.3, 0.4) is 0 Å². The summed E-state index contributed by atoms with van der Waals surface area (Å²) < 4.78 is 1.82.